The van der Waals surface area contributed by atoms with Crippen molar-refractivity contribution in [2.24, 2.45) is 5.92 Å². The summed E-state index contributed by atoms with van der Waals surface area (Å²) in [6.45, 7) is 0. The van der Waals surface area contributed by atoms with E-state index >= 15 is 0 Å². The van der Waals surface area contributed by atoms with E-state index in [4.69, 9.17) is 0 Å². The predicted molar refractivity (Wildman–Crippen MR) is 97.5 cm³/mol. The summed E-state index contributed by atoms with van der Waals surface area (Å²) in [6.07, 6.45) is 1.89. The number of para-hydroxylation sites is 1. The zero-order chi connectivity index (χ0) is 17.2. The number of nitrogens with zero attached hydrogens (tertiary/aromatic N) is 1. The Morgan fingerprint density at radius 1 is 0.920 bits per heavy atom. The maximum Gasteiger partial charge on any atom is 0.256 e. The Morgan fingerprint density at radius 3 is 2.60 bits per heavy atom. The van der Waals surface area contributed by atoms with Gasteiger partial charge in [0.25, 0.3) is 5.91 Å². The molecule has 0 atom stereocenters. The molecule has 2 N–H and O–H groups in total. The van der Waals surface area contributed by atoms with E-state index in [9.17, 15) is 9.59 Å². The second-order valence-electron chi connectivity index (χ2n) is 6.19. The molecule has 1 aromatic heterocycles. The van der Waals surface area contributed by atoms with Crippen molar-refractivity contribution in [1.82, 2.24) is 4.98 Å². The average molecular weight is 331 g/mol. The highest BCUT2D eigenvalue weighted by molar-refractivity contribution is 6.05. The lowest BCUT2D eigenvalue weighted by Gasteiger charge is -2.08. The minimum absolute atomic E-state index is 0.0220. The Labute approximate surface area is 145 Å². The van der Waals surface area contributed by atoms with Crippen LogP contribution < -0.4 is 10.6 Å². The van der Waals surface area contributed by atoms with Gasteiger partial charge in [0.2, 0.25) is 5.91 Å². The van der Waals surface area contributed by atoms with Gasteiger partial charge in [-0.15, -0.1) is 0 Å². The van der Waals surface area contributed by atoms with Gasteiger partial charge >= 0.3 is 0 Å². The van der Waals surface area contributed by atoms with Crippen molar-refractivity contribution in [3.8, 4) is 0 Å². The molecule has 124 valence electrons. The normalized spacial score (nSPS) is 13.4. The molecular weight excluding hydrogens is 314 g/mol. The molecule has 3 aromatic rings. The van der Waals surface area contributed by atoms with Crippen molar-refractivity contribution in [3.63, 3.8) is 0 Å². The second kappa shape index (κ2) is 6.36. The fourth-order valence-corrected chi connectivity index (χ4v) is 2.65. The SMILES string of the molecule is O=C(Nc1ccc2ccccc2n1)c1cccc(NC(=O)C2CC2)c1. The summed E-state index contributed by atoms with van der Waals surface area (Å²) in [5, 5.41) is 6.67. The molecule has 1 heterocycles. The molecule has 2 aromatic carbocycles. The third kappa shape index (κ3) is 3.50. The van der Waals surface area contributed by atoms with E-state index < -0.39 is 0 Å². The summed E-state index contributed by atoms with van der Waals surface area (Å²) in [5.74, 6) is 0.384. The Morgan fingerprint density at radius 2 is 1.76 bits per heavy atom. The van der Waals surface area contributed by atoms with Crippen molar-refractivity contribution in [2.75, 3.05) is 10.6 Å². The second-order valence-corrected chi connectivity index (χ2v) is 6.19. The number of carbonyl (C=O) groups excluding carboxylic acids is 2. The number of rotatable bonds is 4. The lowest BCUT2D eigenvalue weighted by Crippen LogP contribution is -2.15. The van der Waals surface area contributed by atoms with Crippen LogP contribution in [0.4, 0.5) is 11.5 Å². The van der Waals surface area contributed by atoms with Crippen LogP contribution in [0, 0.1) is 5.92 Å². The first-order valence-corrected chi connectivity index (χ1v) is 8.27. The molecule has 4 rings (SSSR count). The van der Waals surface area contributed by atoms with Gasteiger partial charge in [-0.25, -0.2) is 4.98 Å². The maximum atomic E-state index is 12.5. The fraction of sp³-hybridized carbons (Fsp3) is 0.150. The summed E-state index contributed by atoms with van der Waals surface area (Å²) in [4.78, 5) is 28.8. The number of fused-ring (bicyclic) bond motifs is 1. The Kier molecular flexibility index (Phi) is 3.90. The van der Waals surface area contributed by atoms with Crippen molar-refractivity contribution in [2.45, 2.75) is 12.8 Å². The Balaban J connectivity index is 1.50. The molecule has 1 aliphatic rings. The van der Waals surface area contributed by atoms with Crippen LogP contribution in [0.5, 0.6) is 0 Å². The number of nitrogens with one attached hydrogen (secondary N) is 2. The fourth-order valence-electron chi connectivity index (χ4n) is 2.65. The molecule has 0 spiro atoms. The van der Waals surface area contributed by atoms with Gasteiger partial charge in [-0.05, 0) is 49.2 Å². The van der Waals surface area contributed by atoms with E-state index in [-0.39, 0.29) is 17.7 Å². The first-order chi connectivity index (χ1) is 12.2. The average Bonchev–Trinajstić information content (AvgIpc) is 3.47. The van der Waals surface area contributed by atoms with Crippen LogP contribution in [0.1, 0.15) is 23.2 Å². The van der Waals surface area contributed by atoms with Gasteiger partial charge in [-0.2, -0.15) is 0 Å². The number of carbonyl (C=O) groups is 2. The molecule has 0 unspecified atom stereocenters. The van der Waals surface area contributed by atoms with Crippen LogP contribution in [-0.2, 0) is 4.79 Å². The molecule has 0 saturated heterocycles. The zero-order valence-electron chi connectivity index (χ0n) is 13.5. The molecule has 25 heavy (non-hydrogen) atoms. The first kappa shape index (κ1) is 15.3. The van der Waals surface area contributed by atoms with Crippen molar-refractivity contribution < 1.29 is 9.59 Å². The summed E-state index contributed by atoms with van der Waals surface area (Å²) in [7, 11) is 0. The number of hydrogen-bond donors (Lipinski definition) is 2. The lowest BCUT2D eigenvalue weighted by atomic mass is 10.1. The molecule has 5 heteroatoms. The van der Waals surface area contributed by atoms with Crippen molar-refractivity contribution in [3.05, 3.63) is 66.2 Å². The molecule has 2 amide bonds. The van der Waals surface area contributed by atoms with E-state index in [2.05, 4.69) is 15.6 Å². The molecule has 0 radical (unpaired) electrons. The van der Waals surface area contributed by atoms with Crippen LogP contribution in [0.2, 0.25) is 0 Å². The minimum Gasteiger partial charge on any atom is -0.326 e. The van der Waals surface area contributed by atoms with Gasteiger partial charge < -0.3 is 10.6 Å². The first-order valence-electron chi connectivity index (χ1n) is 8.27. The van der Waals surface area contributed by atoms with Gasteiger partial charge in [-0.1, -0.05) is 24.3 Å². The van der Waals surface area contributed by atoms with Crippen LogP contribution in [-0.4, -0.2) is 16.8 Å². The molecule has 1 saturated carbocycles. The maximum absolute atomic E-state index is 12.5. The monoisotopic (exact) mass is 331 g/mol. The summed E-state index contributed by atoms with van der Waals surface area (Å²) < 4.78 is 0. The topological polar surface area (TPSA) is 71.1 Å². The van der Waals surface area contributed by atoms with E-state index in [0.29, 0.717) is 17.1 Å². The largest absolute Gasteiger partial charge is 0.326 e. The third-order valence-electron chi connectivity index (χ3n) is 4.18. The molecular formula is C20H17N3O2. The number of benzene rings is 2. The highest BCUT2D eigenvalue weighted by Gasteiger charge is 2.29. The minimum atomic E-state index is -0.259. The van der Waals surface area contributed by atoms with Crippen LogP contribution in [0.15, 0.2) is 60.7 Å². The lowest BCUT2D eigenvalue weighted by molar-refractivity contribution is -0.117. The van der Waals surface area contributed by atoms with E-state index in [1.165, 1.54) is 0 Å². The molecule has 0 aliphatic heterocycles. The number of anilines is 2. The third-order valence-corrected chi connectivity index (χ3v) is 4.18. The quantitative estimate of drug-likeness (QED) is 0.763. The van der Waals surface area contributed by atoms with Crippen LogP contribution in [0.3, 0.4) is 0 Å². The number of pyridine rings is 1. The van der Waals surface area contributed by atoms with Crippen molar-refractivity contribution in [1.29, 1.82) is 0 Å². The van der Waals surface area contributed by atoms with E-state index in [1.54, 1.807) is 30.3 Å². The Bertz CT molecular complexity index is 964. The zero-order valence-corrected chi connectivity index (χ0v) is 13.5. The van der Waals surface area contributed by atoms with Gasteiger partial charge in [0.1, 0.15) is 5.82 Å². The molecule has 1 fully saturated rings. The molecule has 1 aliphatic carbocycles. The summed E-state index contributed by atoms with van der Waals surface area (Å²) in [6, 6.07) is 18.4. The van der Waals surface area contributed by atoms with Crippen LogP contribution in [0.25, 0.3) is 10.9 Å². The standard InChI is InChI=1S/C20H17N3O2/c24-19(14-8-9-14)21-16-6-3-5-15(12-16)20(25)23-18-11-10-13-4-1-2-7-17(13)22-18/h1-7,10-12,14H,8-9H2,(H,21,24)(H,22,23,25). The Hall–Kier alpha value is -3.21. The highest BCUT2D eigenvalue weighted by atomic mass is 16.2. The van der Waals surface area contributed by atoms with Gasteiger partial charge in [-0.3, -0.25) is 9.59 Å². The van der Waals surface area contributed by atoms with Crippen molar-refractivity contribution >= 4 is 34.2 Å². The molecule has 0 bridgehead atoms. The van der Waals surface area contributed by atoms with Gasteiger partial charge in [0.15, 0.2) is 0 Å². The molecule has 5 nitrogen and oxygen atoms in total. The number of aromatic nitrogens is 1. The number of amides is 2. The summed E-state index contributed by atoms with van der Waals surface area (Å²) in [5.41, 5.74) is 1.94. The highest BCUT2D eigenvalue weighted by Crippen LogP contribution is 2.30. The van der Waals surface area contributed by atoms with E-state index in [1.807, 2.05) is 30.3 Å². The van der Waals surface area contributed by atoms with E-state index in [0.717, 1.165) is 23.7 Å². The number of hydrogen-bond acceptors (Lipinski definition) is 3. The van der Waals surface area contributed by atoms with Gasteiger partial charge in [0, 0.05) is 22.6 Å². The van der Waals surface area contributed by atoms with Crippen LogP contribution >= 0.6 is 0 Å². The summed E-state index contributed by atoms with van der Waals surface area (Å²) >= 11 is 0. The predicted octanol–water partition coefficient (Wildman–Crippen LogP) is 3.84. The smallest absolute Gasteiger partial charge is 0.256 e. The van der Waals surface area contributed by atoms with Gasteiger partial charge in [0.05, 0.1) is 5.52 Å².